The third kappa shape index (κ3) is 2.96. The van der Waals surface area contributed by atoms with Crippen LogP contribution < -0.4 is 5.56 Å². The molecule has 2 aromatic heterocycles. The third-order valence-electron chi connectivity index (χ3n) is 4.41. The van der Waals surface area contributed by atoms with Crippen molar-refractivity contribution in [2.45, 2.75) is 44.6 Å². The van der Waals surface area contributed by atoms with E-state index in [2.05, 4.69) is 4.98 Å². The number of rotatable bonds is 5. The average Bonchev–Trinajstić information content (AvgIpc) is 2.72. The largest absolute Gasteiger partial charge is 0.394 e. The lowest BCUT2D eigenvalue weighted by Crippen LogP contribution is -2.28. The molecule has 120 valence electrons. The normalized spacial score (nSPS) is 16.5. The van der Waals surface area contributed by atoms with Crippen LogP contribution in [0.5, 0.6) is 0 Å². The molecule has 0 spiro atoms. The van der Waals surface area contributed by atoms with Gasteiger partial charge in [-0.1, -0.05) is 6.42 Å². The van der Waals surface area contributed by atoms with Crippen molar-refractivity contribution >= 4 is 33.3 Å². The second kappa shape index (κ2) is 7.15. The summed E-state index contributed by atoms with van der Waals surface area (Å²) in [4.78, 5) is 19.7. The van der Waals surface area contributed by atoms with E-state index in [0.29, 0.717) is 0 Å². The van der Waals surface area contributed by atoms with E-state index >= 15 is 0 Å². The minimum atomic E-state index is -0.168. The summed E-state index contributed by atoms with van der Waals surface area (Å²) < 4.78 is 1.65. The van der Waals surface area contributed by atoms with E-state index in [-0.39, 0.29) is 18.2 Å². The van der Waals surface area contributed by atoms with E-state index in [1.165, 1.54) is 23.3 Å². The highest BCUT2D eigenvalue weighted by molar-refractivity contribution is 7.98. The molecule has 0 aliphatic heterocycles. The maximum atomic E-state index is 12.9. The number of aromatic nitrogens is 2. The lowest BCUT2D eigenvalue weighted by atomic mass is 10.1. The Bertz CT molecular complexity index is 708. The van der Waals surface area contributed by atoms with E-state index in [0.717, 1.165) is 41.7 Å². The standard InChI is InChI=1S/C16H22N2O2S2/c1-21-8-7-11(9-19)18-10-17-15-14(16(18)20)12-5-3-2-4-6-13(12)22-15/h10-11,19H,2-9H2,1H3/t11-/m0/s1. The Morgan fingerprint density at radius 1 is 1.41 bits per heavy atom. The summed E-state index contributed by atoms with van der Waals surface area (Å²) >= 11 is 3.41. The highest BCUT2D eigenvalue weighted by Crippen LogP contribution is 2.33. The number of hydrogen-bond donors (Lipinski definition) is 1. The summed E-state index contributed by atoms with van der Waals surface area (Å²) in [5.41, 5.74) is 1.26. The number of aliphatic hydroxyl groups excluding tert-OH is 1. The van der Waals surface area contributed by atoms with Crippen molar-refractivity contribution in [3.05, 3.63) is 27.1 Å². The Kier molecular flexibility index (Phi) is 5.21. The SMILES string of the molecule is CSCC[C@@H](CO)n1cnc2sc3c(c2c1=O)CCCCC3. The van der Waals surface area contributed by atoms with E-state index in [1.54, 1.807) is 34.0 Å². The molecule has 4 nitrogen and oxygen atoms in total. The molecule has 0 unspecified atom stereocenters. The van der Waals surface area contributed by atoms with Gasteiger partial charge in [0.25, 0.3) is 5.56 Å². The van der Waals surface area contributed by atoms with Crippen LogP contribution in [0.1, 0.15) is 42.2 Å². The van der Waals surface area contributed by atoms with Crippen LogP contribution in [0.4, 0.5) is 0 Å². The quantitative estimate of drug-likeness (QED) is 0.852. The number of fused-ring (bicyclic) bond motifs is 3. The van der Waals surface area contributed by atoms with Gasteiger partial charge in [-0.3, -0.25) is 9.36 Å². The highest BCUT2D eigenvalue weighted by Gasteiger charge is 2.21. The molecule has 0 saturated carbocycles. The Labute approximate surface area is 138 Å². The van der Waals surface area contributed by atoms with Crippen LogP contribution in [0.25, 0.3) is 10.2 Å². The fraction of sp³-hybridized carbons (Fsp3) is 0.625. The molecule has 6 heteroatoms. The number of nitrogens with zero attached hydrogens (tertiary/aromatic N) is 2. The summed E-state index contributed by atoms with van der Waals surface area (Å²) in [6, 6.07) is -0.168. The van der Waals surface area contributed by atoms with Crippen LogP contribution in [0.15, 0.2) is 11.1 Å². The van der Waals surface area contributed by atoms with Crippen LogP contribution in [0, 0.1) is 0 Å². The molecule has 1 aliphatic rings. The first-order valence-electron chi connectivity index (χ1n) is 7.87. The first-order chi connectivity index (χ1) is 10.8. The molecule has 22 heavy (non-hydrogen) atoms. The molecule has 0 saturated heterocycles. The molecule has 0 radical (unpaired) electrons. The number of thioether (sulfide) groups is 1. The lowest BCUT2D eigenvalue weighted by molar-refractivity contribution is 0.222. The maximum absolute atomic E-state index is 12.9. The molecule has 0 fully saturated rings. The second-order valence-corrected chi connectivity index (χ2v) is 7.89. The highest BCUT2D eigenvalue weighted by atomic mass is 32.2. The number of hydrogen-bond acceptors (Lipinski definition) is 5. The lowest BCUT2D eigenvalue weighted by Gasteiger charge is -2.16. The molecular formula is C16H22N2O2S2. The summed E-state index contributed by atoms with van der Waals surface area (Å²) in [5.74, 6) is 0.928. The van der Waals surface area contributed by atoms with Crippen molar-refractivity contribution < 1.29 is 5.11 Å². The smallest absolute Gasteiger partial charge is 0.262 e. The molecule has 1 aliphatic carbocycles. The van der Waals surface area contributed by atoms with Crippen molar-refractivity contribution in [3.63, 3.8) is 0 Å². The van der Waals surface area contributed by atoms with Gasteiger partial charge in [-0.15, -0.1) is 11.3 Å². The molecule has 3 rings (SSSR count). The number of thiophene rings is 1. The van der Waals surface area contributed by atoms with Crippen molar-refractivity contribution in [2.75, 3.05) is 18.6 Å². The second-order valence-electron chi connectivity index (χ2n) is 5.82. The van der Waals surface area contributed by atoms with Gasteiger partial charge in [0.1, 0.15) is 4.83 Å². The molecule has 2 aromatic rings. The Balaban J connectivity index is 2.08. The fourth-order valence-electron chi connectivity index (χ4n) is 3.17. The van der Waals surface area contributed by atoms with Gasteiger partial charge in [-0.05, 0) is 49.7 Å². The van der Waals surface area contributed by atoms with Crippen LogP contribution in [-0.4, -0.2) is 33.3 Å². The zero-order chi connectivity index (χ0) is 15.5. The number of aliphatic hydroxyl groups is 1. The van der Waals surface area contributed by atoms with E-state index in [4.69, 9.17) is 0 Å². The molecule has 1 N–H and O–H groups in total. The first kappa shape index (κ1) is 16.0. The maximum Gasteiger partial charge on any atom is 0.262 e. The molecule has 0 aromatic carbocycles. The van der Waals surface area contributed by atoms with Gasteiger partial charge < -0.3 is 5.11 Å². The van der Waals surface area contributed by atoms with Crippen LogP contribution >= 0.6 is 23.1 Å². The molecular weight excluding hydrogens is 316 g/mol. The summed E-state index contributed by atoms with van der Waals surface area (Å²) in [7, 11) is 0. The molecule has 1 atom stereocenters. The number of aryl methyl sites for hydroxylation is 2. The Morgan fingerprint density at radius 2 is 2.23 bits per heavy atom. The Morgan fingerprint density at radius 3 is 3.00 bits per heavy atom. The van der Waals surface area contributed by atoms with Gasteiger partial charge in [-0.25, -0.2) is 4.98 Å². The van der Waals surface area contributed by atoms with Gasteiger partial charge in [0.05, 0.1) is 24.4 Å². The zero-order valence-corrected chi connectivity index (χ0v) is 14.5. The first-order valence-corrected chi connectivity index (χ1v) is 10.1. The summed E-state index contributed by atoms with van der Waals surface area (Å²) in [5, 5.41) is 10.5. The van der Waals surface area contributed by atoms with E-state index < -0.39 is 0 Å². The molecule has 0 bridgehead atoms. The van der Waals surface area contributed by atoms with Gasteiger partial charge in [-0.2, -0.15) is 11.8 Å². The fourth-order valence-corrected chi connectivity index (χ4v) is 4.90. The van der Waals surface area contributed by atoms with Crippen molar-refractivity contribution in [3.8, 4) is 0 Å². The van der Waals surface area contributed by atoms with Crippen molar-refractivity contribution in [1.82, 2.24) is 9.55 Å². The van der Waals surface area contributed by atoms with Gasteiger partial charge in [0.15, 0.2) is 0 Å². The minimum Gasteiger partial charge on any atom is -0.394 e. The topological polar surface area (TPSA) is 55.1 Å². The van der Waals surface area contributed by atoms with Gasteiger partial charge >= 0.3 is 0 Å². The monoisotopic (exact) mass is 338 g/mol. The van der Waals surface area contributed by atoms with E-state index in [1.807, 2.05) is 6.26 Å². The van der Waals surface area contributed by atoms with Crippen LogP contribution in [-0.2, 0) is 12.8 Å². The summed E-state index contributed by atoms with van der Waals surface area (Å²) in [6.45, 7) is -0.0139. The third-order valence-corrected chi connectivity index (χ3v) is 6.25. The van der Waals surface area contributed by atoms with Crippen molar-refractivity contribution in [1.29, 1.82) is 0 Å². The predicted molar refractivity (Wildman–Crippen MR) is 94.3 cm³/mol. The Hall–Kier alpha value is -0.850. The van der Waals surface area contributed by atoms with Crippen LogP contribution in [0.2, 0.25) is 0 Å². The van der Waals surface area contributed by atoms with Crippen LogP contribution in [0.3, 0.4) is 0 Å². The van der Waals surface area contributed by atoms with E-state index in [9.17, 15) is 9.90 Å². The van der Waals surface area contributed by atoms with Crippen molar-refractivity contribution in [2.24, 2.45) is 0 Å². The molecule has 0 amide bonds. The minimum absolute atomic E-state index is 0.0139. The predicted octanol–water partition coefficient (Wildman–Crippen LogP) is 3.01. The van der Waals surface area contributed by atoms with Gasteiger partial charge in [0.2, 0.25) is 0 Å². The summed E-state index contributed by atoms with van der Waals surface area (Å²) in [6.07, 6.45) is 10.1. The average molecular weight is 338 g/mol. The van der Waals surface area contributed by atoms with Gasteiger partial charge in [0, 0.05) is 4.88 Å². The molecule has 2 heterocycles. The zero-order valence-electron chi connectivity index (χ0n) is 12.9.